The summed E-state index contributed by atoms with van der Waals surface area (Å²) in [5, 5.41) is 0. The third-order valence-corrected chi connectivity index (χ3v) is 2.86. The van der Waals surface area contributed by atoms with Crippen LogP contribution in [-0.4, -0.2) is 17.8 Å². The fourth-order valence-electron chi connectivity index (χ4n) is 1.75. The highest BCUT2D eigenvalue weighted by atomic mass is 15.2. The van der Waals surface area contributed by atoms with Gasteiger partial charge in [-0.25, -0.2) is 4.99 Å². The predicted molar refractivity (Wildman–Crippen MR) is 77.1 cm³/mol. The molecule has 2 rings (SSSR count). The van der Waals surface area contributed by atoms with Gasteiger partial charge in [0.05, 0.1) is 5.69 Å². The lowest BCUT2D eigenvalue weighted by atomic mass is 10.2. The summed E-state index contributed by atoms with van der Waals surface area (Å²) in [6, 6.07) is 20.5. The molecule has 0 aliphatic carbocycles. The lowest BCUT2D eigenvalue weighted by molar-refractivity contribution is 0.498. The molecule has 0 heterocycles. The molecule has 0 atom stereocenters. The van der Waals surface area contributed by atoms with Crippen molar-refractivity contribution >= 4 is 11.5 Å². The molecule has 0 aromatic heterocycles. The number of rotatable bonds is 3. The average molecular weight is 238 g/mol. The zero-order valence-corrected chi connectivity index (χ0v) is 10.9. The van der Waals surface area contributed by atoms with Gasteiger partial charge in [-0.1, -0.05) is 48.5 Å². The molecule has 0 N–H and O–H groups in total. The quantitative estimate of drug-likeness (QED) is 0.585. The molecule has 0 saturated carbocycles. The highest BCUT2D eigenvalue weighted by Crippen LogP contribution is 2.12. The van der Waals surface area contributed by atoms with Gasteiger partial charge in [0, 0.05) is 13.6 Å². The molecule has 2 aromatic rings. The Labute approximate surface area is 109 Å². The van der Waals surface area contributed by atoms with Crippen molar-refractivity contribution in [1.29, 1.82) is 0 Å². The molecular weight excluding hydrogens is 220 g/mol. The molecule has 0 spiro atoms. The first-order valence-corrected chi connectivity index (χ1v) is 6.11. The normalized spacial score (nSPS) is 11.3. The average Bonchev–Trinajstić information content (AvgIpc) is 2.41. The van der Waals surface area contributed by atoms with Crippen molar-refractivity contribution in [2.45, 2.75) is 13.5 Å². The molecule has 2 heteroatoms. The summed E-state index contributed by atoms with van der Waals surface area (Å²) < 4.78 is 0. The maximum Gasteiger partial charge on any atom is 0.102 e. The molecule has 0 aliphatic heterocycles. The molecule has 0 fully saturated rings. The second kappa shape index (κ2) is 6.01. The Morgan fingerprint density at radius 1 is 0.944 bits per heavy atom. The Bertz CT molecular complexity index is 503. The van der Waals surface area contributed by atoms with Gasteiger partial charge in [0.1, 0.15) is 5.84 Å². The Balaban J connectivity index is 2.05. The van der Waals surface area contributed by atoms with Gasteiger partial charge in [-0.2, -0.15) is 0 Å². The molecule has 92 valence electrons. The zero-order valence-electron chi connectivity index (χ0n) is 10.9. The SMILES string of the molecule is CC(=Nc1ccccc1)N(C)Cc1ccccc1. The summed E-state index contributed by atoms with van der Waals surface area (Å²) in [7, 11) is 2.06. The molecule has 2 aromatic carbocycles. The number of hydrogen-bond acceptors (Lipinski definition) is 1. The topological polar surface area (TPSA) is 15.6 Å². The van der Waals surface area contributed by atoms with Crippen molar-refractivity contribution < 1.29 is 0 Å². The van der Waals surface area contributed by atoms with E-state index in [-0.39, 0.29) is 0 Å². The van der Waals surface area contributed by atoms with E-state index in [1.807, 2.05) is 43.3 Å². The second-order valence-corrected chi connectivity index (χ2v) is 4.34. The van der Waals surface area contributed by atoms with E-state index in [9.17, 15) is 0 Å². The Hall–Kier alpha value is -2.09. The number of aliphatic imine (C=N–C) groups is 1. The minimum absolute atomic E-state index is 0.878. The predicted octanol–water partition coefficient (Wildman–Crippen LogP) is 3.87. The maximum atomic E-state index is 4.60. The van der Waals surface area contributed by atoms with Crippen LogP contribution < -0.4 is 0 Å². The van der Waals surface area contributed by atoms with Crippen molar-refractivity contribution in [3.8, 4) is 0 Å². The van der Waals surface area contributed by atoms with E-state index >= 15 is 0 Å². The smallest absolute Gasteiger partial charge is 0.102 e. The van der Waals surface area contributed by atoms with Gasteiger partial charge in [-0.15, -0.1) is 0 Å². The van der Waals surface area contributed by atoms with Gasteiger partial charge in [-0.3, -0.25) is 0 Å². The van der Waals surface area contributed by atoms with Crippen LogP contribution in [0.4, 0.5) is 5.69 Å². The van der Waals surface area contributed by atoms with Crippen molar-refractivity contribution in [1.82, 2.24) is 4.90 Å². The van der Waals surface area contributed by atoms with Gasteiger partial charge in [0.25, 0.3) is 0 Å². The molecule has 2 nitrogen and oxygen atoms in total. The van der Waals surface area contributed by atoms with Crippen molar-refractivity contribution in [3.05, 3.63) is 66.2 Å². The van der Waals surface area contributed by atoms with Gasteiger partial charge < -0.3 is 4.90 Å². The molecule has 18 heavy (non-hydrogen) atoms. The molecule has 0 radical (unpaired) electrons. The highest BCUT2D eigenvalue weighted by molar-refractivity contribution is 5.82. The van der Waals surface area contributed by atoms with Crippen LogP contribution in [0.1, 0.15) is 12.5 Å². The number of hydrogen-bond donors (Lipinski definition) is 0. The standard InChI is InChI=1S/C16H18N2/c1-14(17-16-11-7-4-8-12-16)18(2)13-15-9-5-3-6-10-15/h3-12H,13H2,1-2H3. The van der Waals surface area contributed by atoms with E-state index in [0.717, 1.165) is 18.1 Å². The van der Waals surface area contributed by atoms with Crippen LogP contribution in [0.25, 0.3) is 0 Å². The molecule has 0 bridgehead atoms. The largest absolute Gasteiger partial charge is 0.359 e. The Morgan fingerprint density at radius 2 is 1.50 bits per heavy atom. The van der Waals surface area contributed by atoms with E-state index in [4.69, 9.17) is 0 Å². The maximum absolute atomic E-state index is 4.60. The minimum Gasteiger partial charge on any atom is -0.359 e. The number of amidine groups is 1. The fraction of sp³-hybridized carbons (Fsp3) is 0.188. The number of benzene rings is 2. The summed E-state index contributed by atoms with van der Waals surface area (Å²) in [5.41, 5.74) is 2.29. The zero-order chi connectivity index (χ0) is 12.8. The minimum atomic E-state index is 0.878. The van der Waals surface area contributed by atoms with Crippen LogP contribution in [0.5, 0.6) is 0 Å². The third kappa shape index (κ3) is 3.45. The third-order valence-electron chi connectivity index (χ3n) is 2.86. The second-order valence-electron chi connectivity index (χ2n) is 4.34. The summed E-state index contributed by atoms with van der Waals surface area (Å²) >= 11 is 0. The highest BCUT2D eigenvalue weighted by Gasteiger charge is 2.01. The van der Waals surface area contributed by atoms with Crippen LogP contribution in [0, 0.1) is 0 Å². The monoisotopic (exact) mass is 238 g/mol. The van der Waals surface area contributed by atoms with E-state index in [0.29, 0.717) is 0 Å². The fourth-order valence-corrected chi connectivity index (χ4v) is 1.75. The van der Waals surface area contributed by atoms with Crippen LogP contribution >= 0.6 is 0 Å². The lowest BCUT2D eigenvalue weighted by Gasteiger charge is -2.18. The van der Waals surface area contributed by atoms with E-state index in [1.165, 1.54) is 5.56 Å². The number of para-hydroxylation sites is 1. The Kier molecular flexibility index (Phi) is 4.13. The van der Waals surface area contributed by atoms with Gasteiger partial charge in [-0.05, 0) is 24.6 Å². The van der Waals surface area contributed by atoms with Crippen LogP contribution in [0.3, 0.4) is 0 Å². The molecule has 0 amide bonds. The van der Waals surface area contributed by atoms with Crippen LogP contribution in [-0.2, 0) is 6.54 Å². The summed E-state index contributed by atoms with van der Waals surface area (Å²) in [4.78, 5) is 6.75. The van der Waals surface area contributed by atoms with E-state index < -0.39 is 0 Å². The summed E-state index contributed by atoms with van der Waals surface area (Å²) in [6.45, 7) is 2.92. The first-order chi connectivity index (χ1) is 8.75. The number of nitrogens with zero attached hydrogens (tertiary/aromatic N) is 2. The molecular formula is C16H18N2. The first-order valence-electron chi connectivity index (χ1n) is 6.11. The molecule has 0 unspecified atom stereocenters. The van der Waals surface area contributed by atoms with E-state index in [2.05, 4.69) is 41.2 Å². The van der Waals surface area contributed by atoms with Gasteiger partial charge >= 0.3 is 0 Å². The summed E-state index contributed by atoms with van der Waals surface area (Å²) in [5.74, 6) is 1.02. The van der Waals surface area contributed by atoms with Crippen molar-refractivity contribution in [3.63, 3.8) is 0 Å². The van der Waals surface area contributed by atoms with Crippen molar-refractivity contribution in [2.75, 3.05) is 7.05 Å². The molecule has 0 saturated heterocycles. The summed E-state index contributed by atoms with van der Waals surface area (Å²) in [6.07, 6.45) is 0. The van der Waals surface area contributed by atoms with Crippen molar-refractivity contribution in [2.24, 2.45) is 4.99 Å². The van der Waals surface area contributed by atoms with Gasteiger partial charge in [0.15, 0.2) is 0 Å². The van der Waals surface area contributed by atoms with Gasteiger partial charge in [0.2, 0.25) is 0 Å². The lowest BCUT2D eigenvalue weighted by Crippen LogP contribution is -2.23. The first kappa shape index (κ1) is 12.4. The van der Waals surface area contributed by atoms with Crippen LogP contribution in [0.2, 0.25) is 0 Å². The van der Waals surface area contributed by atoms with E-state index in [1.54, 1.807) is 0 Å². The van der Waals surface area contributed by atoms with Crippen LogP contribution in [0.15, 0.2) is 65.7 Å². The molecule has 0 aliphatic rings. The Morgan fingerprint density at radius 3 is 2.11 bits per heavy atom.